The van der Waals surface area contributed by atoms with Crippen LogP contribution in [0, 0.1) is 0 Å². The second-order valence-electron chi connectivity index (χ2n) is 5.41. The molecular formula is C13H26N4O. The molecule has 1 saturated heterocycles. The number of nitrogens with two attached hydrogens (primary N) is 1. The van der Waals surface area contributed by atoms with E-state index in [1.54, 1.807) is 4.90 Å². The summed E-state index contributed by atoms with van der Waals surface area (Å²) in [6, 6.07) is 1.13. The summed E-state index contributed by atoms with van der Waals surface area (Å²) in [6.07, 6.45) is 4.81. The van der Waals surface area contributed by atoms with Crippen molar-refractivity contribution in [3.8, 4) is 0 Å². The number of nitrogens with zero attached hydrogens (tertiary/aromatic N) is 2. The summed E-state index contributed by atoms with van der Waals surface area (Å²) in [5, 5.41) is 3.61. The number of piperidine rings is 1. The minimum atomic E-state index is -0.278. The quantitative estimate of drug-likeness (QED) is 0.730. The molecule has 0 unspecified atom stereocenters. The monoisotopic (exact) mass is 254 g/mol. The third kappa shape index (κ3) is 3.85. The maximum Gasteiger partial charge on any atom is 0.314 e. The van der Waals surface area contributed by atoms with Gasteiger partial charge in [-0.25, -0.2) is 4.79 Å². The first-order chi connectivity index (χ1) is 8.70. The number of likely N-dealkylation sites (N-methyl/N-ethyl adjacent to an activating group) is 1. The van der Waals surface area contributed by atoms with Crippen LogP contribution in [0.2, 0.25) is 0 Å². The average molecular weight is 254 g/mol. The van der Waals surface area contributed by atoms with Crippen LogP contribution in [0.15, 0.2) is 0 Å². The molecule has 5 nitrogen and oxygen atoms in total. The van der Waals surface area contributed by atoms with E-state index in [1.165, 1.54) is 12.8 Å². The maximum atomic E-state index is 11.0. The van der Waals surface area contributed by atoms with Crippen LogP contribution >= 0.6 is 0 Å². The third-order valence-corrected chi connectivity index (χ3v) is 4.11. The number of likely N-dealkylation sites (tertiary alicyclic amines) is 1. The van der Waals surface area contributed by atoms with Gasteiger partial charge in [-0.15, -0.1) is 0 Å². The van der Waals surface area contributed by atoms with Crippen molar-refractivity contribution in [1.82, 2.24) is 15.1 Å². The Hall–Kier alpha value is -0.810. The molecule has 0 aromatic rings. The molecule has 1 aliphatic carbocycles. The van der Waals surface area contributed by atoms with Gasteiger partial charge < -0.3 is 16.0 Å². The molecule has 2 rings (SSSR count). The summed E-state index contributed by atoms with van der Waals surface area (Å²) in [5.41, 5.74) is 5.27. The fraction of sp³-hybridized carbons (Fsp3) is 0.923. The number of carbonyl (C=O) groups excluding carboxylic acids is 1. The normalized spacial score (nSPS) is 21.6. The molecule has 2 fully saturated rings. The Morgan fingerprint density at radius 2 is 2.00 bits per heavy atom. The minimum Gasteiger partial charge on any atom is -0.351 e. The lowest BCUT2D eigenvalue weighted by atomic mass is 10.1. The number of amides is 2. The molecule has 18 heavy (non-hydrogen) atoms. The molecule has 2 aliphatic rings. The fourth-order valence-electron chi connectivity index (χ4n) is 2.75. The van der Waals surface area contributed by atoms with Crippen molar-refractivity contribution in [2.45, 2.75) is 44.7 Å². The molecule has 0 aromatic carbocycles. The predicted octanol–water partition coefficient (Wildman–Crippen LogP) is 0.603. The molecule has 0 aromatic heterocycles. The smallest absolute Gasteiger partial charge is 0.314 e. The Labute approximate surface area is 110 Å². The highest BCUT2D eigenvalue weighted by Crippen LogP contribution is 2.25. The molecule has 104 valence electrons. The van der Waals surface area contributed by atoms with Crippen molar-refractivity contribution in [2.24, 2.45) is 5.73 Å². The van der Waals surface area contributed by atoms with Crippen LogP contribution in [0.25, 0.3) is 0 Å². The van der Waals surface area contributed by atoms with Crippen LogP contribution in [-0.4, -0.2) is 60.6 Å². The summed E-state index contributed by atoms with van der Waals surface area (Å²) >= 11 is 0. The fourth-order valence-corrected chi connectivity index (χ4v) is 2.75. The first-order valence-electron chi connectivity index (χ1n) is 7.22. The lowest BCUT2D eigenvalue weighted by Gasteiger charge is -2.32. The van der Waals surface area contributed by atoms with Crippen LogP contribution in [0.1, 0.15) is 32.6 Å². The molecule has 3 N–H and O–H groups in total. The Balaban J connectivity index is 1.58. The topological polar surface area (TPSA) is 61.6 Å². The number of hydrogen-bond acceptors (Lipinski definition) is 3. The minimum absolute atomic E-state index is 0.278. The molecular weight excluding hydrogens is 228 g/mol. The standard InChI is InChI=1S/C13H26N4O/c1-2-16(12-3-4-12)10-7-15-11-5-8-17(9-6-11)13(14)18/h11-12,15H,2-10H2,1H3,(H2,14,18). The van der Waals surface area contributed by atoms with Crippen molar-refractivity contribution in [1.29, 1.82) is 0 Å². The molecule has 0 bridgehead atoms. The predicted molar refractivity (Wildman–Crippen MR) is 72.5 cm³/mol. The first kappa shape index (κ1) is 13.6. The second kappa shape index (κ2) is 6.38. The van der Waals surface area contributed by atoms with Crippen LogP contribution < -0.4 is 11.1 Å². The van der Waals surface area contributed by atoms with E-state index in [9.17, 15) is 4.79 Å². The highest BCUT2D eigenvalue weighted by atomic mass is 16.2. The lowest BCUT2D eigenvalue weighted by Crippen LogP contribution is -2.48. The van der Waals surface area contributed by atoms with Gasteiger partial charge in [0.1, 0.15) is 0 Å². The average Bonchev–Trinajstić information content (AvgIpc) is 3.19. The first-order valence-corrected chi connectivity index (χ1v) is 7.22. The van der Waals surface area contributed by atoms with Gasteiger partial charge in [-0.05, 0) is 32.2 Å². The van der Waals surface area contributed by atoms with E-state index >= 15 is 0 Å². The van der Waals surface area contributed by atoms with E-state index in [0.717, 1.165) is 51.6 Å². The van der Waals surface area contributed by atoms with Crippen LogP contribution in [0.3, 0.4) is 0 Å². The molecule has 1 aliphatic heterocycles. The molecule has 0 atom stereocenters. The van der Waals surface area contributed by atoms with E-state index in [4.69, 9.17) is 5.73 Å². The van der Waals surface area contributed by atoms with E-state index in [-0.39, 0.29) is 6.03 Å². The Bertz CT molecular complexity index is 272. The van der Waals surface area contributed by atoms with Crippen LogP contribution in [0.5, 0.6) is 0 Å². The van der Waals surface area contributed by atoms with Gasteiger partial charge in [0.25, 0.3) is 0 Å². The number of nitrogens with one attached hydrogen (secondary N) is 1. The molecule has 0 spiro atoms. The highest BCUT2D eigenvalue weighted by Gasteiger charge is 2.27. The van der Waals surface area contributed by atoms with Crippen molar-refractivity contribution in [2.75, 3.05) is 32.7 Å². The van der Waals surface area contributed by atoms with Crippen molar-refractivity contribution >= 4 is 6.03 Å². The largest absolute Gasteiger partial charge is 0.351 e. The number of urea groups is 1. The van der Waals surface area contributed by atoms with E-state index in [1.807, 2.05) is 0 Å². The van der Waals surface area contributed by atoms with Gasteiger partial charge in [-0.3, -0.25) is 4.90 Å². The lowest BCUT2D eigenvalue weighted by molar-refractivity contribution is 0.183. The molecule has 1 heterocycles. The van der Waals surface area contributed by atoms with Gasteiger partial charge >= 0.3 is 6.03 Å². The zero-order chi connectivity index (χ0) is 13.0. The van der Waals surface area contributed by atoms with E-state index < -0.39 is 0 Å². The summed E-state index contributed by atoms with van der Waals surface area (Å²) in [6.45, 7) is 7.21. The van der Waals surface area contributed by atoms with Gasteiger partial charge in [0, 0.05) is 38.3 Å². The van der Waals surface area contributed by atoms with Crippen LogP contribution in [-0.2, 0) is 0 Å². The summed E-state index contributed by atoms with van der Waals surface area (Å²) < 4.78 is 0. The van der Waals surface area contributed by atoms with E-state index in [0.29, 0.717) is 6.04 Å². The summed E-state index contributed by atoms with van der Waals surface area (Å²) in [4.78, 5) is 15.3. The molecule has 0 radical (unpaired) electrons. The number of rotatable bonds is 6. The van der Waals surface area contributed by atoms with Gasteiger partial charge in [-0.2, -0.15) is 0 Å². The summed E-state index contributed by atoms with van der Waals surface area (Å²) in [7, 11) is 0. The molecule has 2 amide bonds. The zero-order valence-electron chi connectivity index (χ0n) is 11.4. The molecule has 5 heteroatoms. The van der Waals surface area contributed by atoms with E-state index in [2.05, 4.69) is 17.1 Å². The van der Waals surface area contributed by atoms with Crippen molar-refractivity contribution < 1.29 is 4.79 Å². The Morgan fingerprint density at radius 3 is 2.50 bits per heavy atom. The number of carbonyl (C=O) groups is 1. The number of hydrogen-bond donors (Lipinski definition) is 2. The SMILES string of the molecule is CCN(CCNC1CCN(C(N)=O)CC1)C1CC1. The third-order valence-electron chi connectivity index (χ3n) is 4.11. The zero-order valence-corrected chi connectivity index (χ0v) is 11.4. The van der Waals surface area contributed by atoms with Gasteiger partial charge in [0.2, 0.25) is 0 Å². The second-order valence-corrected chi connectivity index (χ2v) is 5.41. The van der Waals surface area contributed by atoms with Crippen LogP contribution in [0.4, 0.5) is 4.79 Å². The van der Waals surface area contributed by atoms with Gasteiger partial charge in [-0.1, -0.05) is 6.92 Å². The highest BCUT2D eigenvalue weighted by molar-refractivity contribution is 5.72. The Kier molecular flexibility index (Phi) is 4.83. The Morgan fingerprint density at radius 1 is 1.33 bits per heavy atom. The van der Waals surface area contributed by atoms with Gasteiger partial charge in [0.05, 0.1) is 0 Å². The maximum absolute atomic E-state index is 11.0. The van der Waals surface area contributed by atoms with Crippen molar-refractivity contribution in [3.63, 3.8) is 0 Å². The summed E-state index contributed by atoms with van der Waals surface area (Å²) in [5.74, 6) is 0. The van der Waals surface area contributed by atoms with Gasteiger partial charge in [0.15, 0.2) is 0 Å². The van der Waals surface area contributed by atoms with Crippen molar-refractivity contribution in [3.05, 3.63) is 0 Å². The molecule has 1 saturated carbocycles. The number of primary amides is 1.